The smallest absolute Gasteiger partial charge is 0.253 e. The van der Waals surface area contributed by atoms with Gasteiger partial charge in [0.2, 0.25) is 0 Å². The molecule has 1 fully saturated rings. The number of fused-ring (bicyclic) bond motifs is 1. The van der Waals surface area contributed by atoms with Crippen molar-refractivity contribution in [1.29, 1.82) is 0 Å². The summed E-state index contributed by atoms with van der Waals surface area (Å²) in [6, 6.07) is 20.3. The fraction of sp³-hybridized carbons (Fsp3) is 0.333. The third-order valence-electron chi connectivity index (χ3n) is 7.23. The van der Waals surface area contributed by atoms with E-state index in [2.05, 4.69) is 51.8 Å². The number of rotatable bonds is 9. The molecule has 0 atom stereocenters. The highest BCUT2D eigenvalue weighted by atomic mass is 35.5. The van der Waals surface area contributed by atoms with E-state index in [0.717, 1.165) is 61.2 Å². The summed E-state index contributed by atoms with van der Waals surface area (Å²) in [4.78, 5) is 16.0. The van der Waals surface area contributed by atoms with Crippen molar-refractivity contribution >= 4 is 34.1 Å². The summed E-state index contributed by atoms with van der Waals surface area (Å²) in [5.74, 6) is 0.574. The van der Waals surface area contributed by atoms with E-state index in [9.17, 15) is 4.79 Å². The number of amides is 1. The highest BCUT2D eigenvalue weighted by Gasteiger charge is 2.23. The van der Waals surface area contributed by atoms with Gasteiger partial charge < -0.3 is 15.4 Å². The molecule has 3 aromatic carbocycles. The molecule has 1 saturated heterocycles. The number of benzene rings is 3. The average Bonchev–Trinajstić information content (AvgIpc) is 3.37. The van der Waals surface area contributed by atoms with Crippen LogP contribution >= 0.6 is 11.6 Å². The van der Waals surface area contributed by atoms with Crippen molar-refractivity contribution in [2.75, 3.05) is 25.5 Å². The predicted octanol–water partition coefficient (Wildman–Crippen LogP) is 5.72. The van der Waals surface area contributed by atoms with Crippen LogP contribution in [0.2, 0.25) is 5.02 Å². The molecule has 198 valence electrons. The van der Waals surface area contributed by atoms with Gasteiger partial charge in [-0.2, -0.15) is 5.10 Å². The van der Waals surface area contributed by atoms with E-state index in [0.29, 0.717) is 22.9 Å². The third-order valence-corrected chi connectivity index (χ3v) is 7.52. The number of likely N-dealkylation sites (tertiary alicyclic amines) is 1. The van der Waals surface area contributed by atoms with Gasteiger partial charge in [0.1, 0.15) is 5.75 Å². The first-order valence-corrected chi connectivity index (χ1v) is 13.6. The number of methoxy groups -OCH3 is 1. The predicted molar refractivity (Wildman–Crippen MR) is 153 cm³/mol. The zero-order valence-electron chi connectivity index (χ0n) is 21.9. The quantitative estimate of drug-likeness (QED) is 0.289. The molecule has 1 aliphatic rings. The Morgan fingerprint density at radius 3 is 2.58 bits per heavy atom. The molecule has 7 nitrogen and oxygen atoms in total. The molecule has 1 aromatic heterocycles. The van der Waals surface area contributed by atoms with Crippen molar-refractivity contribution in [2.45, 2.75) is 45.4 Å². The summed E-state index contributed by atoms with van der Waals surface area (Å²) in [5, 5.41) is 12.8. The van der Waals surface area contributed by atoms with E-state index >= 15 is 0 Å². The minimum atomic E-state index is -0.0621. The molecular formula is C30H34ClN5O2. The average molecular weight is 532 g/mol. The largest absolute Gasteiger partial charge is 0.495 e. The molecule has 2 N–H and O–H groups in total. The van der Waals surface area contributed by atoms with Crippen LogP contribution in [0.15, 0.2) is 66.9 Å². The number of halogens is 1. The molecule has 8 heteroatoms. The monoisotopic (exact) mass is 531 g/mol. The molecule has 0 aliphatic carbocycles. The number of nitrogens with zero attached hydrogens (tertiary/aromatic N) is 3. The van der Waals surface area contributed by atoms with Gasteiger partial charge in [-0.3, -0.25) is 14.4 Å². The molecule has 0 radical (unpaired) electrons. The first-order valence-electron chi connectivity index (χ1n) is 13.2. The second kappa shape index (κ2) is 11.9. The highest BCUT2D eigenvalue weighted by molar-refractivity contribution is 6.32. The van der Waals surface area contributed by atoms with Gasteiger partial charge in [-0.15, -0.1) is 0 Å². The number of nitrogens with one attached hydrogen (secondary N) is 2. The summed E-state index contributed by atoms with van der Waals surface area (Å²) in [6.07, 6.45) is 3.70. The fourth-order valence-electron chi connectivity index (χ4n) is 5.14. The molecule has 0 spiro atoms. The molecule has 4 aromatic rings. The maximum Gasteiger partial charge on any atom is 0.253 e. The van der Waals surface area contributed by atoms with Crippen LogP contribution in [0.1, 0.15) is 41.3 Å². The van der Waals surface area contributed by atoms with Gasteiger partial charge in [0, 0.05) is 44.2 Å². The van der Waals surface area contributed by atoms with E-state index in [1.165, 1.54) is 5.56 Å². The number of hydrogen-bond acceptors (Lipinski definition) is 5. The Hall–Kier alpha value is -3.55. The van der Waals surface area contributed by atoms with E-state index in [-0.39, 0.29) is 11.9 Å². The molecule has 5 rings (SSSR count). The Bertz CT molecular complexity index is 1400. The summed E-state index contributed by atoms with van der Waals surface area (Å²) >= 11 is 6.34. The van der Waals surface area contributed by atoms with Crippen LogP contribution in [0, 0.1) is 0 Å². The molecule has 1 amide bonds. The SMILES string of the molecule is CCn1ncc2c(NCc3ccc(OC)c(Cl)c3)c(C(=O)NC3CCN(Cc4ccccc4)CC3)ccc21. The third kappa shape index (κ3) is 5.79. The van der Waals surface area contributed by atoms with Crippen LogP contribution in [-0.2, 0) is 19.6 Å². The standard InChI is InChI=1S/C30H34ClN5O2/c1-3-36-27-11-10-24(29(25(27)19-33-36)32-18-22-9-12-28(38-2)26(31)17-22)30(37)34-23-13-15-35(16-14-23)20-21-7-5-4-6-8-21/h4-12,17,19,23,32H,3,13-16,18,20H2,1-2H3,(H,34,37). The van der Waals surface area contributed by atoms with E-state index in [1.807, 2.05) is 47.3 Å². The molecule has 1 aliphatic heterocycles. The summed E-state index contributed by atoms with van der Waals surface area (Å²) < 4.78 is 7.21. The molecular weight excluding hydrogens is 498 g/mol. The minimum absolute atomic E-state index is 0.0621. The number of hydrogen-bond donors (Lipinski definition) is 2. The van der Waals surface area contributed by atoms with E-state index in [4.69, 9.17) is 16.3 Å². The molecule has 38 heavy (non-hydrogen) atoms. The number of aryl methyl sites for hydroxylation is 1. The fourth-order valence-corrected chi connectivity index (χ4v) is 5.42. The number of aromatic nitrogens is 2. The Labute approximate surface area is 228 Å². The van der Waals surface area contributed by atoms with Gasteiger partial charge in [-0.05, 0) is 55.2 Å². The Kier molecular flexibility index (Phi) is 8.15. The van der Waals surface area contributed by atoms with Gasteiger partial charge >= 0.3 is 0 Å². The van der Waals surface area contributed by atoms with Crippen molar-refractivity contribution in [1.82, 2.24) is 20.0 Å². The van der Waals surface area contributed by atoms with Gasteiger partial charge in [0.05, 0.1) is 35.1 Å². The second-order valence-corrected chi connectivity index (χ2v) is 10.1. The van der Waals surface area contributed by atoms with Crippen molar-refractivity contribution in [2.24, 2.45) is 0 Å². The maximum atomic E-state index is 13.5. The lowest BCUT2D eigenvalue weighted by Gasteiger charge is -2.32. The first kappa shape index (κ1) is 26.1. The van der Waals surface area contributed by atoms with E-state index < -0.39 is 0 Å². The minimum Gasteiger partial charge on any atom is -0.495 e. The van der Waals surface area contributed by atoms with Crippen LogP contribution in [0.4, 0.5) is 5.69 Å². The number of carbonyl (C=O) groups is 1. The van der Waals surface area contributed by atoms with Crippen molar-refractivity contribution in [3.8, 4) is 5.75 Å². The normalized spacial score (nSPS) is 14.5. The summed E-state index contributed by atoms with van der Waals surface area (Å²) in [6.45, 7) is 6.20. The van der Waals surface area contributed by atoms with Gasteiger partial charge in [0.15, 0.2) is 0 Å². The molecule has 0 saturated carbocycles. The van der Waals surface area contributed by atoms with Crippen LogP contribution < -0.4 is 15.4 Å². The maximum absolute atomic E-state index is 13.5. The van der Waals surface area contributed by atoms with Gasteiger partial charge in [-0.25, -0.2) is 0 Å². The van der Waals surface area contributed by atoms with Crippen LogP contribution in [0.5, 0.6) is 5.75 Å². The number of carbonyl (C=O) groups excluding carboxylic acids is 1. The Balaban J connectivity index is 1.30. The lowest BCUT2D eigenvalue weighted by molar-refractivity contribution is 0.0910. The van der Waals surface area contributed by atoms with Crippen LogP contribution in [-0.4, -0.2) is 46.8 Å². The summed E-state index contributed by atoms with van der Waals surface area (Å²) in [7, 11) is 1.60. The Morgan fingerprint density at radius 2 is 1.87 bits per heavy atom. The zero-order chi connectivity index (χ0) is 26.5. The van der Waals surface area contributed by atoms with Crippen LogP contribution in [0.25, 0.3) is 10.9 Å². The van der Waals surface area contributed by atoms with E-state index in [1.54, 1.807) is 7.11 Å². The van der Waals surface area contributed by atoms with Crippen LogP contribution in [0.3, 0.4) is 0 Å². The molecule has 0 unspecified atom stereocenters. The number of anilines is 1. The molecule has 2 heterocycles. The number of piperidine rings is 1. The summed E-state index contributed by atoms with van der Waals surface area (Å²) in [5.41, 5.74) is 4.72. The van der Waals surface area contributed by atoms with Gasteiger partial charge in [-0.1, -0.05) is 48.0 Å². The van der Waals surface area contributed by atoms with Crippen molar-refractivity contribution < 1.29 is 9.53 Å². The lowest BCUT2D eigenvalue weighted by atomic mass is 10.0. The zero-order valence-corrected chi connectivity index (χ0v) is 22.7. The first-order chi connectivity index (χ1) is 18.6. The second-order valence-electron chi connectivity index (χ2n) is 9.71. The Morgan fingerprint density at radius 1 is 1.08 bits per heavy atom. The topological polar surface area (TPSA) is 71.4 Å². The lowest BCUT2D eigenvalue weighted by Crippen LogP contribution is -2.44. The highest BCUT2D eigenvalue weighted by Crippen LogP contribution is 2.30. The molecule has 0 bridgehead atoms. The van der Waals surface area contributed by atoms with Crippen molar-refractivity contribution in [3.05, 3.63) is 88.6 Å². The number of ether oxygens (including phenoxy) is 1. The van der Waals surface area contributed by atoms with Gasteiger partial charge in [0.25, 0.3) is 5.91 Å². The van der Waals surface area contributed by atoms with Crippen molar-refractivity contribution in [3.63, 3.8) is 0 Å².